The molecule has 0 atom stereocenters. The maximum absolute atomic E-state index is 12.4. The van der Waals surface area contributed by atoms with Gasteiger partial charge in [0.2, 0.25) is 0 Å². The van der Waals surface area contributed by atoms with Gasteiger partial charge in [0.15, 0.2) is 5.76 Å². The molecule has 1 aromatic carbocycles. The van der Waals surface area contributed by atoms with Gasteiger partial charge in [0.25, 0.3) is 5.91 Å². The predicted molar refractivity (Wildman–Crippen MR) is 81.1 cm³/mol. The van der Waals surface area contributed by atoms with E-state index in [1.807, 2.05) is 26.0 Å². The number of carboxylic acid groups (broad SMARTS) is 1. The third-order valence-electron chi connectivity index (χ3n) is 3.52. The summed E-state index contributed by atoms with van der Waals surface area (Å²) in [6.45, 7) is 4.01. The van der Waals surface area contributed by atoms with Gasteiger partial charge >= 0.3 is 5.97 Å². The van der Waals surface area contributed by atoms with Crippen LogP contribution in [0.3, 0.4) is 0 Å². The maximum Gasteiger partial charge on any atom is 0.323 e. The summed E-state index contributed by atoms with van der Waals surface area (Å²) in [7, 11) is 1.50. The number of aryl methyl sites for hydroxylation is 2. The third-order valence-corrected chi connectivity index (χ3v) is 3.52. The lowest BCUT2D eigenvalue weighted by Gasteiger charge is -2.18. The Hall–Kier alpha value is -2.34. The highest BCUT2D eigenvalue weighted by molar-refractivity contribution is 5.97. The van der Waals surface area contributed by atoms with Crippen molar-refractivity contribution in [2.24, 2.45) is 0 Å². The number of fused-ring (bicyclic) bond motifs is 1. The smallest absolute Gasteiger partial charge is 0.323 e. The second-order valence-electron chi connectivity index (χ2n) is 5.20. The summed E-state index contributed by atoms with van der Waals surface area (Å²) >= 11 is 0. The van der Waals surface area contributed by atoms with Crippen LogP contribution in [0.1, 0.15) is 21.7 Å². The first kappa shape index (κ1) is 16.0. The number of furan rings is 1. The summed E-state index contributed by atoms with van der Waals surface area (Å²) in [6.07, 6.45) is 0. The summed E-state index contributed by atoms with van der Waals surface area (Å²) in [6, 6.07) is 5.46. The van der Waals surface area contributed by atoms with Crippen molar-refractivity contribution in [2.75, 3.05) is 26.8 Å². The molecule has 2 aromatic rings. The number of methoxy groups -OCH3 is 1. The van der Waals surface area contributed by atoms with Crippen LogP contribution in [0.15, 0.2) is 22.6 Å². The van der Waals surface area contributed by atoms with E-state index in [1.54, 1.807) is 6.07 Å². The first-order valence-electron chi connectivity index (χ1n) is 6.93. The lowest BCUT2D eigenvalue weighted by molar-refractivity contribution is -0.137. The molecule has 0 unspecified atom stereocenters. The Balaban J connectivity index is 2.31. The van der Waals surface area contributed by atoms with Crippen LogP contribution in [0.5, 0.6) is 0 Å². The number of amides is 1. The Bertz CT molecular complexity index is 665. The molecule has 1 amide bonds. The van der Waals surface area contributed by atoms with Gasteiger partial charge in [0.05, 0.1) is 6.61 Å². The first-order valence-corrected chi connectivity index (χ1v) is 6.93. The second kappa shape index (κ2) is 6.62. The summed E-state index contributed by atoms with van der Waals surface area (Å²) in [5.74, 6) is -1.39. The fourth-order valence-corrected chi connectivity index (χ4v) is 2.18. The molecule has 0 saturated heterocycles. The molecule has 0 spiro atoms. The molecule has 0 aliphatic heterocycles. The number of rotatable bonds is 6. The fraction of sp³-hybridized carbons (Fsp3) is 0.375. The molecule has 1 heterocycles. The molecule has 0 radical (unpaired) electrons. The zero-order valence-corrected chi connectivity index (χ0v) is 12.9. The number of ether oxygens (including phenoxy) is 1. The number of hydrogen-bond donors (Lipinski definition) is 1. The number of hydrogen-bond acceptors (Lipinski definition) is 4. The van der Waals surface area contributed by atoms with Gasteiger partial charge in [0, 0.05) is 19.0 Å². The van der Waals surface area contributed by atoms with Gasteiger partial charge in [-0.15, -0.1) is 0 Å². The molecule has 6 nitrogen and oxygen atoms in total. The summed E-state index contributed by atoms with van der Waals surface area (Å²) in [5, 5.41) is 9.75. The molecule has 0 fully saturated rings. The van der Waals surface area contributed by atoms with Crippen LogP contribution >= 0.6 is 0 Å². The van der Waals surface area contributed by atoms with Gasteiger partial charge in [-0.25, -0.2) is 0 Å². The van der Waals surface area contributed by atoms with Crippen molar-refractivity contribution in [3.8, 4) is 0 Å². The largest absolute Gasteiger partial charge is 0.480 e. The topological polar surface area (TPSA) is 80.0 Å². The molecule has 1 N–H and O–H groups in total. The van der Waals surface area contributed by atoms with E-state index < -0.39 is 18.4 Å². The highest BCUT2D eigenvalue weighted by Gasteiger charge is 2.22. The van der Waals surface area contributed by atoms with Crippen molar-refractivity contribution in [3.05, 3.63) is 35.1 Å². The minimum absolute atomic E-state index is 0.136. The standard InChI is InChI=1S/C16H19NO5/c1-10-6-12-8-14(22-13(12)7-11(10)2)16(20)17(4-5-21-3)9-15(18)19/h6-8H,4-5,9H2,1-3H3,(H,18,19). The third kappa shape index (κ3) is 3.46. The van der Waals surface area contributed by atoms with Gasteiger partial charge in [0.1, 0.15) is 12.1 Å². The van der Waals surface area contributed by atoms with E-state index in [1.165, 1.54) is 12.0 Å². The Morgan fingerprint density at radius 2 is 1.91 bits per heavy atom. The lowest BCUT2D eigenvalue weighted by Crippen LogP contribution is -2.37. The summed E-state index contributed by atoms with van der Waals surface area (Å²) < 4.78 is 10.5. The molecule has 6 heteroatoms. The highest BCUT2D eigenvalue weighted by atomic mass is 16.5. The van der Waals surface area contributed by atoms with Gasteiger partial charge in [-0.05, 0) is 43.2 Å². The van der Waals surface area contributed by atoms with Gasteiger partial charge < -0.3 is 19.2 Å². The lowest BCUT2D eigenvalue weighted by atomic mass is 10.1. The second-order valence-corrected chi connectivity index (χ2v) is 5.20. The minimum atomic E-state index is -1.08. The van der Waals surface area contributed by atoms with E-state index in [0.717, 1.165) is 16.5 Å². The van der Waals surface area contributed by atoms with E-state index in [4.69, 9.17) is 14.3 Å². The predicted octanol–water partition coefficient (Wildman–Crippen LogP) is 2.22. The van der Waals surface area contributed by atoms with Crippen LogP contribution in [-0.4, -0.2) is 48.7 Å². The molecular formula is C16H19NO5. The van der Waals surface area contributed by atoms with Crippen molar-refractivity contribution in [3.63, 3.8) is 0 Å². The molecule has 0 bridgehead atoms. The van der Waals surface area contributed by atoms with Crippen molar-refractivity contribution in [1.29, 1.82) is 0 Å². The van der Waals surface area contributed by atoms with Gasteiger partial charge in [-0.2, -0.15) is 0 Å². The highest BCUT2D eigenvalue weighted by Crippen LogP contribution is 2.24. The van der Waals surface area contributed by atoms with E-state index in [-0.39, 0.29) is 18.9 Å². The zero-order valence-electron chi connectivity index (χ0n) is 12.9. The Labute approximate surface area is 128 Å². The molecule has 0 aliphatic carbocycles. The van der Waals surface area contributed by atoms with E-state index >= 15 is 0 Å². The van der Waals surface area contributed by atoms with Crippen LogP contribution in [0.2, 0.25) is 0 Å². The monoisotopic (exact) mass is 305 g/mol. The zero-order chi connectivity index (χ0) is 16.3. The Morgan fingerprint density at radius 1 is 1.23 bits per heavy atom. The van der Waals surface area contributed by atoms with Crippen LogP contribution in [0.4, 0.5) is 0 Å². The van der Waals surface area contributed by atoms with E-state index in [9.17, 15) is 9.59 Å². The maximum atomic E-state index is 12.4. The van der Waals surface area contributed by atoms with Crippen LogP contribution in [0, 0.1) is 13.8 Å². The van der Waals surface area contributed by atoms with E-state index in [2.05, 4.69) is 0 Å². The number of benzene rings is 1. The van der Waals surface area contributed by atoms with Gasteiger partial charge in [-0.3, -0.25) is 9.59 Å². The quantitative estimate of drug-likeness (QED) is 0.885. The summed E-state index contributed by atoms with van der Waals surface area (Å²) in [5.41, 5.74) is 2.80. The molecule has 118 valence electrons. The molecule has 2 rings (SSSR count). The number of nitrogens with zero attached hydrogens (tertiary/aromatic N) is 1. The SMILES string of the molecule is COCCN(CC(=O)O)C(=O)c1cc2cc(C)c(C)cc2o1. The normalized spacial score (nSPS) is 10.9. The van der Waals surface area contributed by atoms with Crippen LogP contribution < -0.4 is 0 Å². The molecular weight excluding hydrogens is 286 g/mol. The average Bonchev–Trinajstić information content (AvgIpc) is 2.85. The minimum Gasteiger partial charge on any atom is -0.480 e. The molecule has 0 saturated carbocycles. The van der Waals surface area contributed by atoms with Crippen molar-refractivity contribution in [2.45, 2.75) is 13.8 Å². The van der Waals surface area contributed by atoms with Crippen molar-refractivity contribution < 1.29 is 23.8 Å². The number of carboxylic acids is 1. The van der Waals surface area contributed by atoms with Crippen LogP contribution in [0.25, 0.3) is 11.0 Å². The summed E-state index contributed by atoms with van der Waals surface area (Å²) in [4.78, 5) is 24.5. The van der Waals surface area contributed by atoms with E-state index in [0.29, 0.717) is 5.58 Å². The molecule has 22 heavy (non-hydrogen) atoms. The molecule has 1 aromatic heterocycles. The number of carbonyl (C=O) groups is 2. The number of carbonyl (C=O) groups excluding carboxylic acids is 1. The number of aliphatic carboxylic acids is 1. The van der Waals surface area contributed by atoms with Crippen molar-refractivity contribution in [1.82, 2.24) is 4.90 Å². The first-order chi connectivity index (χ1) is 10.4. The Morgan fingerprint density at radius 3 is 2.55 bits per heavy atom. The van der Waals surface area contributed by atoms with Gasteiger partial charge in [-0.1, -0.05) is 0 Å². The van der Waals surface area contributed by atoms with Crippen LogP contribution in [-0.2, 0) is 9.53 Å². The fourth-order valence-electron chi connectivity index (χ4n) is 2.18. The molecule has 0 aliphatic rings. The average molecular weight is 305 g/mol. The van der Waals surface area contributed by atoms with Crippen molar-refractivity contribution >= 4 is 22.8 Å². The Kier molecular flexibility index (Phi) is 4.82.